The average Bonchev–Trinajstić information content (AvgIpc) is 3.39. The Morgan fingerprint density at radius 3 is 2.52 bits per heavy atom. The van der Waals surface area contributed by atoms with Crippen LogP contribution >= 0.6 is 0 Å². The lowest BCUT2D eigenvalue weighted by atomic mass is 10.1. The number of pyridine rings is 1. The van der Waals surface area contributed by atoms with Gasteiger partial charge in [-0.15, -0.1) is 0 Å². The SMILES string of the molecule is Cc1ccc(S(=O)(=O)c2c([N+](=O)[O-])cnc3n[nH]c(C(=O)C4CC4)c23)cc1. The number of aromatic nitrogens is 3. The van der Waals surface area contributed by atoms with Crippen molar-refractivity contribution in [3.63, 3.8) is 0 Å². The van der Waals surface area contributed by atoms with Gasteiger partial charge < -0.3 is 0 Å². The van der Waals surface area contributed by atoms with Gasteiger partial charge in [0.1, 0.15) is 11.9 Å². The Hall–Kier alpha value is -3.14. The molecule has 1 aliphatic carbocycles. The number of sulfone groups is 1. The van der Waals surface area contributed by atoms with Crippen LogP contribution in [0, 0.1) is 23.0 Å². The number of fused-ring (bicyclic) bond motifs is 1. The first-order valence-electron chi connectivity index (χ1n) is 8.18. The quantitative estimate of drug-likeness (QED) is 0.404. The largest absolute Gasteiger partial charge is 0.307 e. The minimum atomic E-state index is -4.28. The number of carbonyl (C=O) groups excluding carboxylic acids is 1. The van der Waals surface area contributed by atoms with E-state index in [1.165, 1.54) is 12.1 Å². The number of H-pyrrole nitrogens is 1. The molecule has 138 valence electrons. The molecule has 1 aromatic carbocycles. The van der Waals surface area contributed by atoms with Crippen LogP contribution in [-0.2, 0) is 9.84 Å². The molecule has 1 fully saturated rings. The van der Waals surface area contributed by atoms with Crippen molar-refractivity contribution < 1.29 is 18.1 Å². The maximum atomic E-state index is 13.3. The smallest absolute Gasteiger partial charge is 0.292 e. The van der Waals surface area contributed by atoms with Gasteiger partial charge in [-0.3, -0.25) is 20.0 Å². The number of aromatic amines is 1. The number of nitrogens with one attached hydrogen (secondary N) is 1. The van der Waals surface area contributed by atoms with Gasteiger partial charge in [0.2, 0.25) is 9.84 Å². The minimum absolute atomic E-state index is 0.0460. The average molecular weight is 386 g/mol. The number of aryl methyl sites for hydroxylation is 1. The number of benzene rings is 1. The second-order valence-electron chi connectivity index (χ2n) is 6.48. The molecule has 9 nitrogen and oxygen atoms in total. The Bertz CT molecular complexity index is 1190. The summed E-state index contributed by atoms with van der Waals surface area (Å²) in [7, 11) is -4.28. The lowest BCUT2D eigenvalue weighted by molar-refractivity contribution is -0.387. The molecule has 1 aliphatic rings. The maximum Gasteiger partial charge on any atom is 0.307 e. The highest BCUT2D eigenvalue weighted by Crippen LogP contribution is 2.39. The Kier molecular flexibility index (Phi) is 3.81. The fraction of sp³-hybridized carbons (Fsp3) is 0.235. The van der Waals surface area contributed by atoms with Gasteiger partial charge in [0.15, 0.2) is 16.3 Å². The lowest BCUT2D eigenvalue weighted by Gasteiger charge is -2.08. The van der Waals surface area contributed by atoms with Crippen LogP contribution in [0.1, 0.15) is 28.9 Å². The number of nitro groups is 1. The number of ketones is 1. The van der Waals surface area contributed by atoms with Crippen LogP contribution in [0.15, 0.2) is 40.3 Å². The molecule has 10 heteroatoms. The molecule has 0 atom stereocenters. The van der Waals surface area contributed by atoms with E-state index in [2.05, 4.69) is 15.2 Å². The first-order valence-corrected chi connectivity index (χ1v) is 9.66. The third-order valence-electron chi connectivity index (χ3n) is 4.51. The van der Waals surface area contributed by atoms with Gasteiger partial charge >= 0.3 is 5.69 Å². The summed E-state index contributed by atoms with van der Waals surface area (Å²) in [4.78, 5) is 26.5. The molecule has 2 aromatic heterocycles. The molecular weight excluding hydrogens is 372 g/mol. The molecule has 0 amide bonds. The highest BCUT2D eigenvalue weighted by Gasteiger charge is 2.38. The van der Waals surface area contributed by atoms with Crippen LogP contribution in [0.4, 0.5) is 5.69 Å². The Balaban J connectivity index is 2.06. The third-order valence-corrected chi connectivity index (χ3v) is 6.35. The summed E-state index contributed by atoms with van der Waals surface area (Å²) >= 11 is 0. The van der Waals surface area contributed by atoms with E-state index in [-0.39, 0.29) is 33.3 Å². The van der Waals surface area contributed by atoms with E-state index in [9.17, 15) is 23.3 Å². The zero-order chi connectivity index (χ0) is 19.3. The summed E-state index contributed by atoms with van der Waals surface area (Å²) in [5.74, 6) is -0.525. The van der Waals surface area contributed by atoms with Crippen LogP contribution in [0.5, 0.6) is 0 Å². The van der Waals surface area contributed by atoms with E-state index >= 15 is 0 Å². The topological polar surface area (TPSA) is 136 Å². The molecule has 1 saturated carbocycles. The van der Waals surface area contributed by atoms with Crippen molar-refractivity contribution in [2.45, 2.75) is 29.6 Å². The minimum Gasteiger partial charge on any atom is -0.292 e. The molecule has 4 rings (SSSR count). The Morgan fingerprint density at radius 1 is 1.26 bits per heavy atom. The van der Waals surface area contributed by atoms with Gasteiger partial charge in [-0.05, 0) is 31.9 Å². The van der Waals surface area contributed by atoms with Crippen molar-refractivity contribution >= 4 is 32.3 Å². The van der Waals surface area contributed by atoms with Crippen LogP contribution < -0.4 is 0 Å². The van der Waals surface area contributed by atoms with Gasteiger partial charge in [0.25, 0.3) is 0 Å². The van der Waals surface area contributed by atoms with Crippen molar-refractivity contribution in [2.24, 2.45) is 5.92 Å². The van der Waals surface area contributed by atoms with Gasteiger partial charge in [0, 0.05) is 5.92 Å². The molecule has 0 saturated heterocycles. The Morgan fingerprint density at radius 2 is 1.93 bits per heavy atom. The molecule has 3 aromatic rings. The van der Waals surface area contributed by atoms with E-state index in [1.54, 1.807) is 19.1 Å². The molecule has 1 N–H and O–H groups in total. The highest BCUT2D eigenvalue weighted by molar-refractivity contribution is 7.91. The first-order chi connectivity index (χ1) is 12.8. The molecule has 0 unspecified atom stereocenters. The number of carbonyl (C=O) groups is 1. The zero-order valence-corrected chi connectivity index (χ0v) is 15.0. The number of hydrogen-bond acceptors (Lipinski definition) is 7. The zero-order valence-electron chi connectivity index (χ0n) is 14.2. The van der Waals surface area contributed by atoms with E-state index in [0.29, 0.717) is 12.8 Å². The lowest BCUT2D eigenvalue weighted by Crippen LogP contribution is -2.10. The first kappa shape index (κ1) is 17.3. The summed E-state index contributed by atoms with van der Waals surface area (Å²) in [6, 6.07) is 5.96. The van der Waals surface area contributed by atoms with Crippen LogP contribution in [-0.4, -0.2) is 34.3 Å². The molecular formula is C17H14N4O5S. The van der Waals surface area contributed by atoms with Gasteiger partial charge in [0.05, 0.1) is 15.2 Å². The molecule has 0 radical (unpaired) electrons. The van der Waals surface area contributed by atoms with E-state index in [4.69, 9.17) is 0 Å². The van der Waals surface area contributed by atoms with Crippen molar-refractivity contribution in [3.8, 4) is 0 Å². The van der Waals surface area contributed by atoms with Crippen LogP contribution in [0.2, 0.25) is 0 Å². The molecule has 2 heterocycles. The highest BCUT2D eigenvalue weighted by atomic mass is 32.2. The van der Waals surface area contributed by atoms with Crippen molar-refractivity contribution in [1.82, 2.24) is 15.2 Å². The second kappa shape index (κ2) is 5.95. The van der Waals surface area contributed by atoms with Gasteiger partial charge in [-0.1, -0.05) is 17.7 Å². The van der Waals surface area contributed by atoms with Crippen molar-refractivity contribution in [1.29, 1.82) is 0 Å². The standard InChI is InChI=1S/C17H14N4O5S/c1-9-2-6-11(7-3-9)27(25,26)16-12(21(23)24)8-18-17-13(16)14(19-20-17)15(22)10-4-5-10/h2-3,6-8,10H,4-5H2,1H3,(H,18,19,20). The summed E-state index contributed by atoms with van der Waals surface area (Å²) in [6.45, 7) is 1.80. The predicted octanol–water partition coefficient (Wildman–Crippen LogP) is 2.60. The van der Waals surface area contributed by atoms with E-state index in [0.717, 1.165) is 11.8 Å². The van der Waals surface area contributed by atoms with E-state index in [1.807, 2.05) is 0 Å². The maximum absolute atomic E-state index is 13.3. The normalized spacial score (nSPS) is 14.4. The fourth-order valence-corrected chi connectivity index (χ4v) is 4.51. The van der Waals surface area contributed by atoms with Crippen LogP contribution in [0.25, 0.3) is 11.0 Å². The summed E-state index contributed by atoms with van der Waals surface area (Å²) in [6.07, 6.45) is 2.25. The molecule has 0 spiro atoms. The number of rotatable bonds is 5. The monoisotopic (exact) mass is 386 g/mol. The Labute approximate surface area is 153 Å². The summed E-state index contributed by atoms with van der Waals surface area (Å²) in [5, 5.41) is 17.8. The second-order valence-corrected chi connectivity index (χ2v) is 8.37. The van der Waals surface area contributed by atoms with Crippen molar-refractivity contribution in [2.75, 3.05) is 0 Å². The number of nitrogens with zero attached hydrogens (tertiary/aromatic N) is 3. The number of Topliss-reactive ketones (excluding diaryl/α,β-unsaturated/α-hetero) is 1. The van der Waals surface area contributed by atoms with Gasteiger partial charge in [-0.25, -0.2) is 13.4 Å². The predicted molar refractivity (Wildman–Crippen MR) is 94.2 cm³/mol. The molecule has 0 aliphatic heterocycles. The molecule has 0 bridgehead atoms. The molecule has 27 heavy (non-hydrogen) atoms. The van der Waals surface area contributed by atoms with Gasteiger partial charge in [-0.2, -0.15) is 5.10 Å². The number of hydrogen-bond donors (Lipinski definition) is 1. The summed E-state index contributed by atoms with van der Waals surface area (Å²) < 4.78 is 26.5. The van der Waals surface area contributed by atoms with Crippen molar-refractivity contribution in [3.05, 3.63) is 51.8 Å². The van der Waals surface area contributed by atoms with Crippen LogP contribution in [0.3, 0.4) is 0 Å². The fourth-order valence-electron chi connectivity index (χ4n) is 2.92. The third kappa shape index (κ3) is 2.78. The van der Waals surface area contributed by atoms with E-state index < -0.39 is 25.3 Å². The summed E-state index contributed by atoms with van der Waals surface area (Å²) in [5.41, 5.74) is 0.0650.